The maximum Gasteiger partial charge on any atom is 0.320 e. The summed E-state index contributed by atoms with van der Waals surface area (Å²) in [4.78, 5) is 22.3. The van der Waals surface area contributed by atoms with Crippen molar-refractivity contribution < 1.29 is 19.8 Å². The molecule has 0 amide bonds. The SMILES string of the molecule is Cl.N[C@@H](C[C@H](CCCCC(c1ccccc1)c1ccccc1)C(=O)O)C(=O)O. The van der Waals surface area contributed by atoms with E-state index in [1.807, 2.05) is 36.4 Å². The Bertz CT molecular complexity index is 684. The van der Waals surface area contributed by atoms with E-state index in [2.05, 4.69) is 24.3 Å². The van der Waals surface area contributed by atoms with Crippen molar-refractivity contribution >= 4 is 24.3 Å². The molecule has 0 spiro atoms. The van der Waals surface area contributed by atoms with Gasteiger partial charge < -0.3 is 15.9 Å². The highest BCUT2D eigenvalue weighted by molar-refractivity contribution is 5.85. The number of carboxylic acids is 2. The number of unbranched alkanes of at least 4 members (excludes halogenated alkanes) is 1. The second-order valence-electron chi connectivity index (χ2n) is 6.87. The third kappa shape index (κ3) is 7.33. The molecule has 152 valence electrons. The average molecular weight is 406 g/mol. The highest BCUT2D eigenvalue weighted by Crippen LogP contribution is 2.30. The Hall–Kier alpha value is -2.37. The number of hydrogen-bond donors (Lipinski definition) is 3. The lowest BCUT2D eigenvalue weighted by molar-refractivity contribution is -0.143. The Balaban J connectivity index is 0.00000392. The zero-order valence-electron chi connectivity index (χ0n) is 15.7. The number of carboxylic acid groups (broad SMARTS) is 2. The van der Waals surface area contributed by atoms with Gasteiger partial charge in [0.25, 0.3) is 0 Å². The maximum atomic E-state index is 11.4. The van der Waals surface area contributed by atoms with Crippen molar-refractivity contribution in [2.24, 2.45) is 11.7 Å². The number of rotatable bonds is 11. The molecular formula is C22H28ClNO4. The molecule has 2 atom stereocenters. The molecule has 0 heterocycles. The fraction of sp³-hybridized carbons (Fsp3) is 0.364. The highest BCUT2D eigenvalue weighted by Gasteiger charge is 2.24. The topological polar surface area (TPSA) is 101 Å². The van der Waals surface area contributed by atoms with Crippen molar-refractivity contribution in [2.45, 2.75) is 44.1 Å². The predicted octanol–water partition coefficient (Wildman–Crippen LogP) is 4.30. The normalized spacial score (nSPS) is 12.8. The van der Waals surface area contributed by atoms with Crippen LogP contribution >= 0.6 is 12.4 Å². The van der Waals surface area contributed by atoms with Crippen LogP contribution in [0.4, 0.5) is 0 Å². The third-order valence-electron chi connectivity index (χ3n) is 4.90. The zero-order chi connectivity index (χ0) is 19.6. The molecule has 0 unspecified atom stereocenters. The van der Waals surface area contributed by atoms with E-state index in [0.717, 1.165) is 19.3 Å². The minimum absolute atomic E-state index is 0. The van der Waals surface area contributed by atoms with Gasteiger partial charge in [0.2, 0.25) is 0 Å². The highest BCUT2D eigenvalue weighted by atomic mass is 35.5. The minimum Gasteiger partial charge on any atom is -0.481 e. The molecule has 2 rings (SSSR count). The first-order valence-electron chi connectivity index (χ1n) is 9.30. The van der Waals surface area contributed by atoms with Crippen LogP contribution in [0, 0.1) is 5.92 Å². The average Bonchev–Trinajstić information content (AvgIpc) is 2.68. The van der Waals surface area contributed by atoms with E-state index in [1.165, 1.54) is 11.1 Å². The van der Waals surface area contributed by atoms with Gasteiger partial charge in [0, 0.05) is 5.92 Å². The van der Waals surface area contributed by atoms with Crippen LogP contribution in [-0.2, 0) is 9.59 Å². The fourth-order valence-corrected chi connectivity index (χ4v) is 3.39. The molecule has 2 aromatic rings. The Morgan fingerprint density at radius 3 is 1.68 bits per heavy atom. The van der Waals surface area contributed by atoms with Crippen molar-refractivity contribution in [1.82, 2.24) is 0 Å². The smallest absolute Gasteiger partial charge is 0.320 e. The van der Waals surface area contributed by atoms with Gasteiger partial charge in [-0.1, -0.05) is 73.5 Å². The molecule has 0 aliphatic rings. The van der Waals surface area contributed by atoms with E-state index in [-0.39, 0.29) is 24.7 Å². The number of nitrogens with two attached hydrogens (primary N) is 1. The van der Waals surface area contributed by atoms with Crippen LogP contribution in [0.5, 0.6) is 0 Å². The molecular weight excluding hydrogens is 378 g/mol. The van der Waals surface area contributed by atoms with Crippen LogP contribution in [0.1, 0.15) is 49.1 Å². The van der Waals surface area contributed by atoms with E-state index in [9.17, 15) is 14.7 Å². The largest absolute Gasteiger partial charge is 0.481 e. The van der Waals surface area contributed by atoms with Crippen LogP contribution < -0.4 is 5.73 Å². The summed E-state index contributed by atoms with van der Waals surface area (Å²) in [5, 5.41) is 18.2. The van der Waals surface area contributed by atoms with Crippen LogP contribution in [-0.4, -0.2) is 28.2 Å². The van der Waals surface area contributed by atoms with Crippen LogP contribution in [0.2, 0.25) is 0 Å². The second-order valence-corrected chi connectivity index (χ2v) is 6.87. The number of hydrogen-bond acceptors (Lipinski definition) is 3. The molecule has 6 heteroatoms. The van der Waals surface area contributed by atoms with Crippen molar-refractivity contribution in [3.63, 3.8) is 0 Å². The van der Waals surface area contributed by atoms with Crippen LogP contribution in [0.25, 0.3) is 0 Å². The summed E-state index contributed by atoms with van der Waals surface area (Å²) >= 11 is 0. The van der Waals surface area contributed by atoms with E-state index >= 15 is 0 Å². The van der Waals surface area contributed by atoms with Crippen molar-refractivity contribution in [1.29, 1.82) is 0 Å². The summed E-state index contributed by atoms with van der Waals surface area (Å²) in [6.45, 7) is 0. The van der Waals surface area contributed by atoms with Gasteiger partial charge in [0.1, 0.15) is 6.04 Å². The molecule has 4 N–H and O–H groups in total. The first-order valence-corrected chi connectivity index (χ1v) is 9.30. The monoisotopic (exact) mass is 405 g/mol. The Kier molecular flexibility index (Phi) is 10.3. The van der Waals surface area contributed by atoms with E-state index in [1.54, 1.807) is 0 Å². The van der Waals surface area contributed by atoms with Crippen LogP contribution in [0.15, 0.2) is 60.7 Å². The van der Waals surface area contributed by atoms with Crippen molar-refractivity contribution in [3.8, 4) is 0 Å². The number of benzene rings is 2. The Labute approximate surface area is 172 Å². The Morgan fingerprint density at radius 1 is 0.786 bits per heavy atom. The third-order valence-corrected chi connectivity index (χ3v) is 4.90. The predicted molar refractivity (Wildman–Crippen MR) is 112 cm³/mol. The molecule has 0 radical (unpaired) electrons. The molecule has 0 bridgehead atoms. The lowest BCUT2D eigenvalue weighted by Gasteiger charge is -2.19. The Morgan fingerprint density at radius 2 is 1.25 bits per heavy atom. The molecule has 0 aliphatic heterocycles. The summed E-state index contributed by atoms with van der Waals surface area (Å²) in [7, 11) is 0. The summed E-state index contributed by atoms with van der Waals surface area (Å²) in [6.07, 6.45) is 2.89. The van der Waals surface area contributed by atoms with Gasteiger partial charge in [-0.2, -0.15) is 0 Å². The fourth-order valence-electron chi connectivity index (χ4n) is 3.39. The van der Waals surface area contributed by atoms with E-state index in [0.29, 0.717) is 6.42 Å². The zero-order valence-corrected chi connectivity index (χ0v) is 16.6. The molecule has 0 saturated heterocycles. The maximum absolute atomic E-state index is 11.4. The summed E-state index contributed by atoms with van der Waals surface area (Å²) in [5.74, 6) is -2.59. The van der Waals surface area contributed by atoms with Gasteiger partial charge in [0.15, 0.2) is 0 Å². The summed E-state index contributed by atoms with van der Waals surface area (Å²) < 4.78 is 0. The first-order chi connectivity index (χ1) is 13.0. The quantitative estimate of drug-likeness (QED) is 0.484. The lowest BCUT2D eigenvalue weighted by Crippen LogP contribution is -2.34. The van der Waals surface area contributed by atoms with Crippen LogP contribution in [0.3, 0.4) is 0 Å². The van der Waals surface area contributed by atoms with Gasteiger partial charge in [-0.05, 0) is 30.4 Å². The van der Waals surface area contributed by atoms with Gasteiger partial charge in [-0.3, -0.25) is 9.59 Å². The molecule has 5 nitrogen and oxygen atoms in total. The molecule has 0 saturated carbocycles. The van der Waals surface area contributed by atoms with Gasteiger partial charge in [0.05, 0.1) is 5.92 Å². The van der Waals surface area contributed by atoms with Gasteiger partial charge >= 0.3 is 11.9 Å². The minimum atomic E-state index is -1.16. The summed E-state index contributed by atoms with van der Waals surface area (Å²) in [6, 6.07) is 19.4. The van der Waals surface area contributed by atoms with Gasteiger partial charge in [-0.25, -0.2) is 0 Å². The number of halogens is 1. The summed E-state index contributed by atoms with van der Waals surface area (Å²) in [5.41, 5.74) is 7.98. The first kappa shape index (κ1) is 23.7. The molecule has 28 heavy (non-hydrogen) atoms. The lowest BCUT2D eigenvalue weighted by atomic mass is 9.86. The van der Waals surface area contributed by atoms with E-state index in [4.69, 9.17) is 10.8 Å². The van der Waals surface area contributed by atoms with E-state index < -0.39 is 23.9 Å². The molecule has 2 aromatic carbocycles. The van der Waals surface area contributed by atoms with Crippen molar-refractivity contribution in [3.05, 3.63) is 71.8 Å². The molecule has 0 aromatic heterocycles. The molecule has 0 aliphatic carbocycles. The molecule has 0 fully saturated rings. The number of aliphatic carboxylic acids is 2. The number of carbonyl (C=O) groups is 2. The van der Waals surface area contributed by atoms with Crippen molar-refractivity contribution in [2.75, 3.05) is 0 Å². The second kappa shape index (κ2) is 12.2. The van der Waals surface area contributed by atoms with Gasteiger partial charge in [-0.15, -0.1) is 12.4 Å². The standard InChI is InChI=1S/C22H27NO4.ClH/c23-20(22(26)27)15-18(21(24)25)13-7-8-14-19(16-9-3-1-4-10-16)17-11-5-2-6-12-17;/h1-6,9-12,18-20H,7-8,13-15,23H2,(H,24,25)(H,26,27);1H/t18-,20-;/m0./s1.